The van der Waals surface area contributed by atoms with E-state index in [0.29, 0.717) is 5.78 Å². The van der Waals surface area contributed by atoms with Gasteiger partial charge in [-0.2, -0.15) is 4.98 Å². The fourth-order valence-corrected chi connectivity index (χ4v) is 2.69. The van der Waals surface area contributed by atoms with Crippen molar-refractivity contribution in [1.29, 1.82) is 0 Å². The van der Waals surface area contributed by atoms with Crippen molar-refractivity contribution < 1.29 is 4.74 Å². The Hall–Kier alpha value is -1.53. The highest BCUT2D eigenvalue weighted by atomic mass is 16.5. The molecule has 0 amide bonds. The van der Waals surface area contributed by atoms with Crippen LogP contribution in [0.25, 0.3) is 5.78 Å². The molecule has 2 aromatic rings. The maximum atomic E-state index is 5.63. The highest BCUT2D eigenvalue weighted by Gasteiger charge is 2.24. The van der Waals surface area contributed by atoms with E-state index in [4.69, 9.17) is 4.74 Å². The van der Waals surface area contributed by atoms with Gasteiger partial charge in [-0.25, -0.2) is 9.50 Å². The summed E-state index contributed by atoms with van der Waals surface area (Å²) in [7, 11) is 0. The third-order valence-corrected chi connectivity index (χ3v) is 3.64. The van der Waals surface area contributed by atoms with E-state index in [1.54, 1.807) is 0 Å². The van der Waals surface area contributed by atoms with Gasteiger partial charge in [0.25, 0.3) is 5.78 Å². The first-order chi connectivity index (χ1) is 8.92. The molecule has 1 saturated heterocycles. The molecule has 0 saturated carbocycles. The Kier molecular flexibility index (Phi) is 2.31. The third-order valence-electron chi connectivity index (χ3n) is 3.64. The van der Waals surface area contributed by atoms with E-state index in [2.05, 4.69) is 20.4 Å². The molecule has 94 valence electrons. The number of rotatable bonds is 1. The van der Waals surface area contributed by atoms with E-state index in [1.807, 2.05) is 10.7 Å². The number of nitrogens with one attached hydrogen (secondary N) is 1. The van der Waals surface area contributed by atoms with Crippen molar-refractivity contribution in [1.82, 2.24) is 24.9 Å². The van der Waals surface area contributed by atoms with E-state index >= 15 is 0 Å². The van der Waals surface area contributed by atoms with Gasteiger partial charge in [-0.3, -0.25) is 0 Å². The van der Waals surface area contributed by atoms with Crippen molar-refractivity contribution in [2.45, 2.75) is 31.9 Å². The first-order valence-corrected chi connectivity index (χ1v) is 6.47. The summed E-state index contributed by atoms with van der Waals surface area (Å²) in [6, 6.07) is 0. The van der Waals surface area contributed by atoms with E-state index in [-0.39, 0.29) is 6.10 Å². The quantitative estimate of drug-likeness (QED) is 0.798. The molecule has 1 atom stereocenters. The highest BCUT2D eigenvalue weighted by Crippen LogP contribution is 2.26. The Morgan fingerprint density at radius 2 is 2.44 bits per heavy atom. The summed E-state index contributed by atoms with van der Waals surface area (Å²) >= 11 is 0. The molecular weight excluding hydrogens is 230 g/mol. The van der Waals surface area contributed by atoms with Crippen LogP contribution in [0.1, 0.15) is 36.0 Å². The zero-order valence-corrected chi connectivity index (χ0v) is 10.1. The molecular formula is C12H15N5O. The van der Waals surface area contributed by atoms with Crippen molar-refractivity contribution in [3.8, 4) is 0 Å². The van der Waals surface area contributed by atoms with Crippen molar-refractivity contribution in [3.05, 3.63) is 23.3 Å². The molecule has 1 unspecified atom stereocenters. The summed E-state index contributed by atoms with van der Waals surface area (Å²) in [6.45, 7) is 2.67. The third kappa shape index (κ3) is 1.53. The maximum Gasteiger partial charge on any atom is 0.252 e. The molecule has 0 aliphatic carbocycles. The van der Waals surface area contributed by atoms with Gasteiger partial charge in [0.05, 0.1) is 5.69 Å². The molecule has 4 rings (SSSR count). The van der Waals surface area contributed by atoms with Crippen LogP contribution in [0.15, 0.2) is 6.20 Å². The van der Waals surface area contributed by atoms with Crippen molar-refractivity contribution in [2.75, 3.05) is 13.2 Å². The number of aromatic nitrogens is 4. The van der Waals surface area contributed by atoms with Gasteiger partial charge in [0.15, 0.2) is 5.82 Å². The summed E-state index contributed by atoms with van der Waals surface area (Å²) in [5.41, 5.74) is 2.45. The van der Waals surface area contributed by atoms with Crippen LogP contribution in [0.5, 0.6) is 0 Å². The lowest BCUT2D eigenvalue weighted by molar-refractivity contribution is 0.105. The molecule has 0 spiro atoms. The monoisotopic (exact) mass is 245 g/mol. The molecule has 0 radical (unpaired) electrons. The van der Waals surface area contributed by atoms with Crippen LogP contribution >= 0.6 is 0 Å². The van der Waals surface area contributed by atoms with E-state index in [0.717, 1.165) is 44.8 Å². The molecule has 2 aromatic heterocycles. The SMILES string of the molecule is c1nc2nc(C3CCCO3)nn2c2c1CNCC2. The van der Waals surface area contributed by atoms with Crippen molar-refractivity contribution >= 4 is 5.78 Å². The van der Waals surface area contributed by atoms with Gasteiger partial charge in [-0.1, -0.05) is 0 Å². The molecule has 18 heavy (non-hydrogen) atoms. The Balaban J connectivity index is 1.84. The van der Waals surface area contributed by atoms with Gasteiger partial charge in [0.2, 0.25) is 0 Å². The fraction of sp³-hybridized carbons (Fsp3) is 0.583. The summed E-state index contributed by atoms with van der Waals surface area (Å²) in [5.74, 6) is 1.48. The van der Waals surface area contributed by atoms with Gasteiger partial charge in [0, 0.05) is 37.9 Å². The van der Waals surface area contributed by atoms with Crippen LogP contribution in [-0.4, -0.2) is 32.7 Å². The largest absolute Gasteiger partial charge is 0.370 e. The summed E-state index contributed by atoms with van der Waals surface area (Å²) < 4.78 is 7.53. The zero-order chi connectivity index (χ0) is 11.9. The number of hydrogen-bond donors (Lipinski definition) is 1. The van der Waals surface area contributed by atoms with E-state index < -0.39 is 0 Å². The normalized spacial score (nSPS) is 23.4. The molecule has 6 heteroatoms. The Morgan fingerprint density at radius 3 is 3.33 bits per heavy atom. The van der Waals surface area contributed by atoms with Crippen molar-refractivity contribution in [3.63, 3.8) is 0 Å². The lowest BCUT2D eigenvalue weighted by Crippen LogP contribution is -2.26. The molecule has 0 bridgehead atoms. The zero-order valence-electron chi connectivity index (χ0n) is 10.1. The molecule has 2 aliphatic rings. The maximum absolute atomic E-state index is 5.63. The fourth-order valence-electron chi connectivity index (χ4n) is 2.69. The lowest BCUT2D eigenvalue weighted by atomic mass is 10.1. The smallest absolute Gasteiger partial charge is 0.252 e. The van der Waals surface area contributed by atoms with Crippen molar-refractivity contribution in [2.24, 2.45) is 0 Å². The van der Waals surface area contributed by atoms with Crippen LogP contribution in [0.4, 0.5) is 0 Å². The van der Waals surface area contributed by atoms with E-state index in [1.165, 1.54) is 11.3 Å². The number of ether oxygens (including phenoxy) is 1. The Morgan fingerprint density at radius 1 is 1.44 bits per heavy atom. The number of fused-ring (bicyclic) bond motifs is 3. The molecule has 0 aromatic carbocycles. The second-order valence-electron chi connectivity index (χ2n) is 4.84. The van der Waals surface area contributed by atoms with Gasteiger partial charge >= 0.3 is 0 Å². The minimum Gasteiger partial charge on any atom is -0.370 e. The molecule has 2 aliphatic heterocycles. The highest BCUT2D eigenvalue weighted by molar-refractivity contribution is 5.34. The molecule has 1 N–H and O–H groups in total. The lowest BCUT2D eigenvalue weighted by Gasteiger charge is -2.16. The average Bonchev–Trinajstić information content (AvgIpc) is 3.07. The van der Waals surface area contributed by atoms with E-state index in [9.17, 15) is 0 Å². The van der Waals surface area contributed by atoms with Gasteiger partial charge < -0.3 is 10.1 Å². The van der Waals surface area contributed by atoms with Crippen LogP contribution in [0, 0.1) is 0 Å². The number of nitrogens with zero attached hydrogens (tertiary/aromatic N) is 4. The predicted molar refractivity (Wildman–Crippen MR) is 64.1 cm³/mol. The van der Waals surface area contributed by atoms with Crippen LogP contribution in [-0.2, 0) is 17.7 Å². The predicted octanol–water partition coefficient (Wildman–Crippen LogP) is 0.621. The summed E-state index contributed by atoms with van der Waals surface area (Å²) in [6.07, 6.45) is 5.05. The first-order valence-electron chi connectivity index (χ1n) is 6.47. The Bertz CT molecular complexity index is 587. The van der Waals surface area contributed by atoms with Gasteiger partial charge in [-0.05, 0) is 12.8 Å². The Labute approximate surface area is 104 Å². The van der Waals surface area contributed by atoms with Gasteiger partial charge in [0.1, 0.15) is 6.10 Å². The van der Waals surface area contributed by atoms with Crippen LogP contribution in [0.3, 0.4) is 0 Å². The summed E-state index contributed by atoms with van der Waals surface area (Å²) in [4.78, 5) is 8.88. The summed E-state index contributed by atoms with van der Waals surface area (Å²) in [5, 5.41) is 7.94. The topological polar surface area (TPSA) is 64.3 Å². The second kappa shape index (κ2) is 4.00. The minimum atomic E-state index is 0.0593. The minimum absolute atomic E-state index is 0.0593. The van der Waals surface area contributed by atoms with Crippen LogP contribution in [0.2, 0.25) is 0 Å². The van der Waals surface area contributed by atoms with Crippen LogP contribution < -0.4 is 5.32 Å². The standard InChI is InChI=1S/C12H15N5O/c1-2-10(18-5-1)11-15-12-14-7-8-6-13-4-3-9(8)17(12)16-11/h7,10,13H,1-6H2. The van der Waals surface area contributed by atoms with Gasteiger partial charge in [-0.15, -0.1) is 5.10 Å². The molecule has 1 fully saturated rings. The molecule has 6 nitrogen and oxygen atoms in total. The number of hydrogen-bond acceptors (Lipinski definition) is 5. The second-order valence-corrected chi connectivity index (χ2v) is 4.84. The first kappa shape index (κ1) is 10.4. The average molecular weight is 245 g/mol. The molecule has 4 heterocycles.